The predicted molar refractivity (Wildman–Crippen MR) is 116 cm³/mol. The summed E-state index contributed by atoms with van der Waals surface area (Å²) in [5, 5.41) is 1.05. The van der Waals surface area contributed by atoms with Crippen molar-refractivity contribution in [1.82, 2.24) is 19.9 Å². The summed E-state index contributed by atoms with van der Waals surface area (Å²) in [7, 11) is 5.92. The summed E-state index contributed by atoms with van der Waals surface area (Å²) in [6, 6.07) is 6.54. The maximum atomic E-state index is 12.8. The van der Waals surface area contributed by atoms with Gasteiger partial charge in [-0.15, -0.1) is 0 Å². The third kappa shape index (κ3) is 3.01. The Morgan fingerprint density at radius 3 is 2.57 bits per heavy atom. The van der Waals surface area contributed by atoms with Crippen molar-refractivity contribution in [3.63, 3.8) is 0 Å². The average molecular weight is 403 g/mol. The Balaban J connectivity index is 1.44. The average Bonchev–Trinajstić information content (AvgIpc) is 3.53. The number of amides is 1. The van der Waals surface area contributed by atoms with Crippen molar-refractivity contribution < 1.29 is 9.53 Å². The van der Waals surface area contributed by atoms with Gasteiger partial charge in [-0.3, -0.25) is 9.78 Å². The van der Waals surface area contributed by atoms with Gasteiger partial charge < -0.3 is 14.5 Å². The van der Waals surface area contributed by atoms with Crippen LogP contribution in [0.25, 0.3) is 22.0 Å². The van der Waals surface area contributed by atoms with Crippen LogP contribution in [0.1, 0.15) is 24.8 Å². The number of carbonyl (C=O) groups excluding carboxylic acids is 1. The summed E-state index contributed by atoms with van der Waals surface area (Å²) in [5.74, 6) is 0.191. The molecule has 1 saturated carbocycles. The first-order valence-corrected chi connectivity index (χ1v) is 10.3. The molecule has 1 aromatic carbocycles. The molecule has 30 heavy (non-hydrogen) atoms. The molecule has 1 fully saturated rings. The molecule has 0 bridgehead atoms. The molecule has 0 atom stereocenters. The van der Waals surface area contributed by atoms with Crippen molar-refractivity contribution in [1.29, 1.82) is 0 Å². The monoisotopic (exact) mass is 403 g/mol. The number of hydrogen-bond acceptors (Lipinski definition) is 6. The Bertz CT molecular complexity index is 1120. The quantitative estimate of drug-likeness (QED) is 0.589. The van der Waals surface area contributed by atoms with Gasteiger partial charge in [0.15, 0.2) is 0 Å². The van der Waals surface area contributed by atoms with E-state index >= 15 is 0 Å². The van der Waals surface area contributed by atoms with E-state index in [-0.39, 0.29) is 11.3 Å². The Morgan fingerprint density at radius 1 is 1.10 bits per heavy atom. The van der Waals surface area contributed by atoms with E-state index in [0.717, 1.165) is 59.1 Å². The van der Waals surface area contributed by atoms with E-state index in [1.54, 1.807) is 17.3 Å². The molecule has 1 aliphatic heterocycles. The van der Waals surface area contributed by atoms with Crippen molar-refractivity contribution >= 4 is 22.5 Å². The van der Waals surface area contributed by atoms with Gasteiger partial charge in [-0.2, -0.15) is 0 Å². The molecular weight excluding hydrogens is 378 g/mol. The van der Waals surface area contributed by atoms with Crippen molar-refractivity contribution in [2.24, 2.45) is 0 Å². The van der Waals surface area contributed by atoms with Gasteiger partial charge in [-0.25, -0.2) is 9.97 Å². The van der Waals surface area contributed by atoms with Crippen LogP contribution in [0.5, 0.6) is 6.01 Å². The van der Waals surface area contributed by atoms with Crippen molar-refractivity contribution in [2.75, 3.05) is 39.2 Å². The fraction of sp³-hybridized carbons (Fsp3) is 0.391. The first kappa shape index (κ1) is 18.9. The summed E-state index contributed by atoms with van der Waals surface area (Å²) in [4.78, 5) is 30.0. The largest absolute Gasteiger partial charge is 0.463 e. The van der Waals surface area contributed by atoms with Crippen LogP contribution in [-0.4, -0.2) is 60.1 Å². The van der Waals surface area contributed by atoms with E-state index in [1.807, 2.05) is 39.5 Å². The zero-order chi connectivity index (χ0) is 20.9. The number of hydrogen-bond donors (Lipinski definition) is 0. The zero-order valence-corrected chi connectivity index (χ0v) is 17.6. The fourth-order valence-electron chi connectivity index (χ4n) is 4.33. The lowest BCUT2D eigenvalue weighted by Crippen LogP contribution is -2.28. The number of nitrogens with zero attached hydrogens (tertiary/aromatic N) is 5. The standard InChI is InChI=1S/C23H25N5O2/c1-27(2)9-4-10-30-22-25-12-16(13-26-22)15-5-6-18-17(11-15)20-19(14-24-18)28(3)21(29)23(20)7-8-23/h5-6,11-14H,4,7-10H2,1-3H3. The zero-order valence-electron chi connectivity index (χ0n) is 17.6. The first-order valence-electron chi connectivity index (χ1n) is 10.3. The van der Waals surface area contributed by atoms with Gasteiger partial charge in [0.1, 0.15) is 0 Å². The Hall–Kier alpha value is -3.06. The summed E-state index contributed by atoms with van der Waals surface area (Å²) in [5.41, 5.74) is 4.55. The minimum Gasteiger partial charge on any atom is -0.463 e. The third-order valence-electron chi connectivity index (χ3n) is 6.09. The highest BCUT2D eigenvalue weighted by Crippen LogP contribution is 2.58. The summed E-state index contributed by atoms with van der Waals surface area (Å²) >= 11 is 0. The number of anilines is 1. The van der Waals surface area contributed by atoms with Gasteiger partial charge in [0.2, 0.25) is 5.91 Å². The topological polar surface area (TPSA) is 71.5 Å². The molecule has 0 saturated heterocycles. The molecule has 7 heteroatoms. The smallest absolute Gasteiger partial charge is 0.316 e. The van der Waals surface area contributed by atoms with Crippen LogP contribution >= 0.6 is 0 Å². The molecule has 0 N–H and O–H groups in total. The Morgan fingerprint density at radius 2 is 1.87 bits per heavy atom. The van der Waals surface area contributed by atoms with Crippen LogP contribution in [0, 0.1) is 0 Å². The van der Waals surface area contributed by atoms with E-state index in [1.165, 1.54) is 0 Å². The van der Waals surface area contributed by atoms with Crippen LogP contribution in [0.2, 0.25) is 0 Å². The lowest BCUT2D eigenvalue weighted by Gasteiger charge is -2.11. The predicted octanol–water partition coefficient (Wildman–Crippen LogP) is 3.03. The van der Waals surface area contributed by atoms with E-state index in [0.29, 0.717) is 12.6 Å². The minimum atomic E-state index is -0.343. The van der Waals surface area contributed by atoms with Gasteiger partial charge in [0, 0.05) is 42.5 Å². The highest BCUT2D eigenvalue weighted by molar-refractivity contribution is 6.14. The van der Waals surface area contributed by atoms with E-state index in [9.17, 15) is 4.79 Å². The third-order valence-corrected chi connectivity index (χ3v) is 6.09. The molecule has 3 aromatic rings. The summed E-state index contributed by atoms with van der Waals surface area (Å²) < 4.78 is 5.64. The molecule has 1 spiro atoms. The van der Waals surface area contributed by atoms with Crippen LogP contribution in [0.3, 0.4) is 0 Å². The lowest BCUT2D eigenvalue weighted by molar-refractivity contribution is -0.119. The second-order valence-corrected chi connectivity index (χ2v) is 8.46. The fourth-order valence-corrected chi connectivity index (χ4v) is 4.33. The molecule has 154 valence electrons. The van der Waals surface area contributed by atoms with E-state index in [4.69, 9.17) is 4.74 Å². The van der Waals surface area contributed by atoms with Crippen molar-refractivity contribution in [3.8, 4) is 17.1 Å². The SMILES string of the molecule is CN(C)CCCOc1ncc(-c2ccc3ncc4c(c3c2)C2(CC2)C(=O)N4C)cn1. The number of rotatable bonds is 6. The molecule has 2 aromatic heterocycles. The van der Waals surface area contributed by atoms with Crippen LogP contribution in [0.15, 0.2) is 36.8 Å². The molecule has 1 aliphatic carbocycles. The van der Waals surface area contributed by atoms with Crippen molar-refractivity contribution in [3.05, 3.63) is 42.4 Å². The van der Waals surface area contributed by atoms with Crippen molar-refractivity contribution in [2.45, 2.75) is 24.7 Å². The molecular formula is C23H25N5O2. The number of aromatic nitrogens is 3. The molecule has 0 unspecified atom stereocenters. The highest BCUT2D eigenvalue weighted by atomic mass is 16.5. The van der Waals surface area contributed by atoms with Crippen LogP contribution in [-0.2, 0) is 10.2 Å². The summed E-state index contributed by atoms with van der Waals surface area (Å²) in [6.45, 7) is 1.56. The lowest BCUT2D eigenvalue weighted by atomic mass is 9.92. The Labute approximate surface area is 175 Å². The maximum absolute atomic E-state index is 12.8. The number of fused-ring (bicyclic) bond motifs is 4. The van der Waals surface area contributed by atoms with E-state index in [2.05, 4.69) is 25.9 Å². The minimum absolute atomic E-state index is 0.191. The van der Waals surface area contributed by atoms with E-state index < -0.39 is 0 Å². The number of ether oxygens (including phenoxy) is 1. The maximum Gasteiger partial charge on any atom is 0.316 e. The molecule has 3 heterocycles. The molecule has 5 rings (SSSR count). The molecule has 1 amide bonds. The highest BCUT2D eigenvalue weighted by Gasteiger charge is 2.59. The van der Waals surface area contributed by atoms with Gasteiger partial charge in [0.25, 0.3) is 0 Å². The molecule has 0 radical (unpaired) electrons. The molecule has 7 nitrogen and oxygen atoms in total. The number of likely N-dealkylation sites (N-methyl/N-ethyl adjacent to an activating group) is 1. The second-order valence-electron chi connectivity index (χ2n) is 8.46. The Kier molecular flexibility index (Phi) is 4.43. The number of carbonyl (C=O) groups is 1. The van der Waals surface area contributed by atoms with Crippen LogP contribution < -0.4 is 9.64 Å². The molecule has 2 aliphatic rings. The van der Waals surface area contributed by atoms with Gasteiger partial charge in [0.05, 0.1) is 29.4 Å². The number of pyridine rings is 1. The van der Waals surface area contributed by atoms with Crippen LogP contribution in [0.4, 0.5) is 5.69 Å². The van der Waals surface area contributed by atoms with Gasteiger partial charge >= 0.3 is 6.01 Å². The number of benzene rings is 1. The second kappa shape index (κ2) is 7.02. The van der Waals surface area contributed by atoms with Gasteiger partial charge in [-0.05, 0) is 51.1 Å². The summed E-state index contributed by atoms with van der Waals surface area (Å²) in [6.07, 6.45) is 8.15. The normalized spacial score (nSPS) is 16.5. The first-order chi connectivity index (χ1) is 14.5. The van der Waals surface area contributed by atoms with Gasteiger partial charge in [-0.1, -0.05) is 6.07 Å².